The summed E-state index contributed by atoms with van der Waals surface area (Å²) in [6.45, 7) is 2.21. The molecule has 0 radical (unpaired) electrons. The zero-order valence-electron chi connectivity index (χ0n) is 13.6. The monoisotopic (exact) mass is 322 g/mol. The van der Waals surface area contributed by atoms with Crippen molar-refractivity contribution in [2.24, 2.45) is 5.41 Å². The molecule has 0 spiro atoms. The van der Waals surface area contributed by atoms with E-state index in [0.29, 0.717) is 10.8 Å². The topological polar surface area (TPSA) is 26.3 Å². The first-order valence-electron chi connectivity index (χ1n) is 8.64. The third-order valence-corrected chi connectivity index (χ3v) is 5.03. The van der Waals surface area contributed by atoms with Gasteiger partial charge in [0, 0.05) is 5.02 Å². The second-order valence-corrected chi connectivity index (χ2v) is 6.93. The number of halogens is 1. The van der Waals surface area contributed by atoms with Gasteiger partial charge in [0.05, 0.1) is 5.41 Å². The number of hydrogen-bond donors (Lipinski definition) is 0. The Morgan fingerprint density at radius 1 is 1.09 bits per heavy atom. The maximum absolute atomic E-state index is 12.8. The molecule has 0 heterocycles. The van der Waals surface area contributed by atoms with E-state index in [1.54, 1.807) is 24.3 Å². The Balaban J connectivity index is 2.00. The third kappa shape index (κ3) is 4.74. The van der Waals surface area contributed by atoms with Gasteiger partial charge in [-0.25, -0.2) is 0 Å². The fraction of sp³-hybridized carbons (Fsp3) is 0.632. The summed E-state index contributed by atoms with van der Waals surface area (Å²) in [7, 11) is 0. The second kappa shape index (κ2) is 8.57. The highest BCUT2D eigenvalue weighted by molar-refractivity contribution is 6.30. The van der Waals surface area contributed by atoms with E-state index in [9.17, 15) is 4.79 Å². The number of hydrogen-bond acceptors (Lipinski definition) is 2. The number of rotatable bonds is 7. The normalized spacial score (nSPS) is 17.2. The molecule has 2 nitrogen and oxygen atoms in total. The van der Waals surface area contributed by atoms with Crippen LogP contribution in [-0.4, -0.2) is 5.97 Å². The number of ether oxygens (including phenoxy) is 1. The molecule has 0 saturated heterocycles. The van der Waals surface area contributed by atoms with Crippen molar-refractivity contribution in [3.63, 3.8) is 0 Å². The van der Waals surface area contributed by atoms with Crippen LogP contribution in [0, 0.1) is 5.41 Å². The molecule has 0 amide bonds. The molecule has 1 fully saturated rings. The molecule has 0 bridgehead atoms. The van der Waals surface area contributed by atoms with Crippen molar-refractivity contribution >= 4 is 17.6 Å². The third-order valence-electron chi connectivity index (χ3n) is 4.78. The Labute approximate surface area is 139 Å². The van der Waals surface area contributed by atoms with Gasteiger partial charge in [-0.15, -0.1) is 0 Å². The van der Waals surface area contributed by atoms with Crippen LogP contribution < -0.4 is 4.74 Å². The smallest absolute Gasteiger partial charge is 0.317 e. The van der Waals surface area contributed by atoms with Crippen molar-refractivity contribution in [1.82, 2.24) is 0 Å². The van der Waals surface area contributed by atoms with Crippen molar-refractivity contribution < 1.29 is 9.53 Å². The second-order valence-electron chi connectivity index (χ2n) is 6.50. The first-order chi connectivity index (χ1) is 10.7. The molecule has 22 heavy (non-hydrogen) atoms. The van der Waals surface area contributed by atoms with Crippen molar-refractivity contribution in [2.75, 3.05) is 0 Å². The van der Waals surface area contributed by atoms with E-state index in [1.165, 1.54) is 25.7 Å². The molecule has 1 saturated carbocycles. The van der Waals surface area contributed by atoms with Crippen molar-refractivity contribution in [2.45, 2.75) is 71.1 Å². The molecular weight excluding hydrogens is 296 g/mol. The van der Waals surface area contributed by atoms with Crippen molar-refractivity contribution in [1.29, 1.82) is 0 Å². The van der Waals surface area contributed by atoms with Gasteiger partial charge in [0.25, 0.3) is 0 Å². The summed E-state index contributed by atoms with van der Waals surface area (Å²) in [5.74, 6) is 0.568. The lowest BCUT2D eigenvalue weighted by molar-refractivity contribution is -0.148. The minimum atomic E-state index is -0.258. The summed E-state index contributed by atoms with van der Waals surface area (Å²) in [4.78, 5) is 12.8. The molecule has 1 aliphatic rings. The van der Waals surface area contributed by atoms with Crippen LogP contribution in [0.1, 0.15) is 71.1 Å². The molecule has 2 rings (SSSR count). The van der Waals surface area contributed by atoms with Crippen LogP contribution in [0.5, 0.6) is 5.75 Å². The zero-order valence-corrected chi connectivity index (χ0v) is 14.3. The van der Waals surface area contributed by atoms with Gasteiger partial charge >= 0.3 is 5.97 Å². The molecular formula is C19H27ClO2. The minimum Gasteiger partial charge on any atom is -0.426 e. The number of unbranched alkanes of at least 4 members (excludes halogenated alkanes) is 3. The lowest BCUT2D eigenvalue weighted by atomic mass is 9.71. The van der Waals surface area contributed by atoms with Crippen LogP contribution >= 0.6 is 11.6 Å². The maximum Gasteiger partial charge on any atom is 0.317 e. The molecule has 122 valence electrons. The minimum absolute atomic E-state index is 0.0361. The molecule has 3 heteroatoms. The summed E-state index contributed by atoms with van der Waals surface area (Å²) in [5.41, 5.74) is -0.258. The SMILES string of the molecule is CCCCCCC1(C(=O)Oc2ccc(Cl)cc2)CCCCC1. The van der Waals surface area contributed by atoms with Crippen molar-refractivity contribution in [3.8, 4) is 5.75 Å². The van der Waals surface area contributed by atoms with Gasteiger partial charge < -0.3 is 4.74 Å². The van der Waals surface area contributed by atoms with Gasteiger partial charge in [0.2, 0.25) is 0 Å². The quantitative estimate of drug-likeness (QED) is 0.341. The molecule has 1 aromatic carbocycles. The van der Waals surface area contributed by atoms with E-state index in [4.69, 9.17) is 16.3 Å². The summed E-state index contributed by atoms with van der Waals surface area (Å²) < 4.78 is 5.67. The Morgan fingerprint density at radius 3 is 2.41 bits per heavy atom. The molecule has 0 N–H and O–H groups in total. The van der Waals surface area contributed by atoms with Gasteiger partial charge in [0.15, 0.2) is 0 Å². The maximum atomic E-state index is 12.8. The van der Waals surface area contributed by atoms with Gasteiger partial charge in [-0.05, 0) is 43.5 Å². The van der Waals surface area contributed by atoms with E-state index >= 15 is 0 Å². The highest BCUT2D eigenvalue weighted by atomic mass is 35.5. The summed E-state index contributed by atoms with van der Waals surface area (Å²) in [6, 6.07) is 7.07. The lowest BCUT2D eigenvalue weighted by Gasteiger charge is -2.35. The van der Waals surface area contributed by atoms with Crippen LogP contribution in [0.3, 0.4) is 0 Å². The predicted molar refractivity (Wildman–Crippen MR) is 91.4 cm³/mol. The van der Waals surface area contributed by atoms with E-state index < -0.39 is 0 Å². The molecule has 1 aromatic rings. The van der Waals surface area contributed by atoms with Crippen molar-refractivity contribution in [3.05, 3.63) is 29.3 Å². The Bertz CT molecular complexity index is 461. The van der Waals surface area contributed by atoms with Gasteiger partial charge in [0.1, 0.15) is 5.75 Å². The number of esters is 1. The summed E-state index contributed by atoms with van der Waals surface area (Å²) >= 11 is 5.88. The molecule has 1 aliphatic carbocycles. The van der Waals surface area contributed by atoms with Crippen LogP contribution in [0.15, 0.2) is 24.3 Å². The Kier molecular flexibility index (Phi) is 6.75. The summed E-state index contributed by atoms with van der Waals surface area (Å²) in [5, 5.41) is 0.659. The molecule has 0 aromatic heterocycles. The van der Waals surface area contributed by atoms with Gasteiger partial charge in [-0.3, -0.25) is 4.79 Å². The zero-order chi connectivity index (χ0) is 15.8. The fourth-order valence-corrected chi connectivity index (χ4v) is 3.52. The largest absolute Gasteiger partial charge is 0.426 e. The van der Waals surface area contributed by atoms with E-state index in [2.05, 4.69) is 6.92 Å². The predicted octanol–water partition coefficient (Wildman–Crippen LogP) is 6.17. The van der Waals surface area contributed by atoms with E-state index in [1.807, 2.05) is 0 Å². The standard InChI is InChI=1S/C19H27ClO2/c1-2-3-4-6-13-19(14-7-5-8-15-19)18(21)22-17-11-9-16(20)10-12-17/h9-12H,2-8,13-15H2,1H3. The Morgan fingerprint density at radius 2 is 1.77 bits per heavy atom. The summed E-state index contributed by atoms with van der Waals surface area (Å²) in [6.07, 6.45) is 11.3. The van der Waals surface area contributed by atoms with Crippen LogP contribution in [0.25, 0.3) is 0 Å². The van der Waals surface area contributed by atoms with Gasteiger partial charge in [-0.1, -0.05) is 63.5 Å². The van der Waals surface area contributed by atoms with Crippen LogP contribution in [0.2, 0.25) is 5.02 Å². The average Bonchev–Trinajstić information content (AvgIpc) is 2.54. The molecule has 0 aliphatic heterocycles. The van der Waals surface area contributed by atoms with Crippen LogP contribution in [0.4, 0.5) is 0 Å². The number of carbonyl (C=O) groups is 1. The number of carbonyl (C=O) groups excluding carboxylic acids is 1. The fourth-order valence-electron chi connectivity index (χ4n) is 3.39. The first-order valence-corrected chi connectivity index (χ1v) is 9.02. The highest BCUT2D eigenvalue weighted by Crippen LogP contribution is 2.42. The average molecular weight is 323 g/mol. The highest BCUT2D eigenvalue weighted by Gasteiger charge is 2.40. The van der Waals surface area contributed by atoms with Crippen LogP contribution in [-0.2, 0) is 4.79 Å². The van der Waals surface area contributed by atoms with E-state index in [0.717, 1.165) is 38.5 Å². The van der Waals surface area contributed by atoms with Gasteiger partial charge in [-0.2, -0.15) is 0 Å². The lowest BCUT2D eigenvalue weighted by Crippen LogP contribution is -2.37. The number of benzene rings is 1. The molecule has 0 atom stereocenters. The first kappa shape index (κ1) is 17.3. The Hall–Kier alpha value is -1.02. The van der Waals surface area contributed by atoms with E-state index in [-0.39, 0.29) is 11.4 Å². The molecule has 0 unspecified atom stereocenters.